The Kier molecular flexibility index (Phi) is 10.4. The zero-order valence-corrected chi connectivity index (χ0v) is 17.3. The number of anilines is 1. The molecular formula is C23H30N2O5. The summed E-state index contributed by atoms with van der Waals surface area (Å²) in [4.78, 5) is 23.8. The predicted octanol–water partition coefficient (Wildman–Crippen LogP) is 4.07. The second kappa shape index (κ2) is 13.3. The van der Waals surface area contributed by atoms with Crippen molar-refractivity contribution in [2.24, 2.45) is 0 Å². The van der Waals surface area contributed by atoms with Crippen LogP contribution in [0, 0.1) is 0 Å². The molecule has 2 aromatic carbocycles. The van der Waals surface area contributed by atoms with E-state index in [9.17, 15) is 9.59 Å². The minimum Gasteiger partial charge on any atom is -0.497 e. The molecule has 0 fully saturated rings. The van der Waals surface area contributed by atoms with Gasteiger partial charge < -0.3 is 14.8 Å². The number of methoxy groups -OCH3 is 1. The van der Waals surface area contributed by atoms with Gasteiger partial charge in [0.2, 0.25) is 5.91 Å². The minimum absolute atomic E-state index is 0.172. The highest BCUT2D eigenvalue weighted by atomic mass is 16.5. The first-order valence-corrected chi connectivity index (χ1v) is 10.2. The summed E-state index contributed by atoms with van der Waals surface area (Å²) in [5.74, 6) is 0.222. The fourth-order valence-corrected chi connectivity index (χ4v) is 2.98. The highest BCUT2D eigenvalue weighted by Crippen LogP contribution is 2.16. The van der Waals surface area contributed by atoms with Crippen molar-refractivity contribution in [2.75, 3.05) is 12.4 Å². The second-order valence-electron chi connectivity index (χ2n) is 6.99. The van der Waals surface area contributed by atoms with E-state index in [1.54, 1.807) is 12.6 Å². The molecule has 2 aromatic rings. The molecule has 0 saturated heterocycles. The van der Waals surface area contributed by atoms with Crippen molar-refractivity contribution in [3.8, 4) is 5.75 Å². The first-order valence-electron chi connectivity index (χ1n) is 10.2. The average Bonchev–Trinajstić information content (AvgIpc) is 2.78. The maximum Gasteiger partial charge on any atom is 0.253 e. The zero-order valence-electron chi connectivity index (χ0n) is 17.3. The van der Waals surface area contributed by atoms with Crippen LogP contribution in [0.3, 0.4) is 0 Å². The molecule has 3 N–H and O–H groups in total. The molecule has 1 atom stereocenters. The third-order valence-electron chi connectivity index (χ3n) is 4.69. The normalized spacial score (nSPS) is 11.5. The summed E-state index contributed by atoms with van der Waals surface area (Å²) < 4.78 is 11.1. The molecule has 2 rings (SSSR count). The van der Waals surface area contributed by atoms with Crippen LogP contribution in [0.4, 0.5) is 5.69 Å². The monoisotopic (exact) mass is 414 g/mol. The number of rotatable bonds is 13. The minimum atomic E-state index is -0.576. The van der Waals surface area contributed by atoms with Crippen LogP contribution in [0.1, 0.15) is 44.1 Å². The van der Waals surface area contributed by atoms with E-state index in [2.05, 4.69) is 5.32 Å². The van der Waals surface area contributed by atoms with Gasteiger partial charge in [-0.05, 0) is 42.7 Å². The van der Waals surface area contributed by atoms with Gasteiger partial charge in [-0.25, -0.2) is 5.48 Å². The van der Waals surface area contributed by atoms with Crippen LogP contribution < -0.4 is 15.5 Å². The van der Waals surface area contributed by atoms with Gasteiger partial charge in [-0.2, -0.15) is 0 Å². The maximum atomic E-state index is 12.7. The molecule has 0 heterocycles. The number of carbonyl (C=O) groups excluding carboxylic acids is 2. The summed E-state index contributed by atoms with van der Waals surface area (Å²) in [7, 11) is 1.62. The van der Waals surface area contributed by atoms with Gasteiger partial charge in [-0.1, -0.05) is 49.6 Å². The van der Waals surface area contributed by atoms with Crippen molar-refractivity contribution in [3.63, 3.8) is 0 Å². The number of amides is 2. The topological polar surface area (TPSA) is 96.9 Å². The molecule has 0 aliphatic heterocycles. The molecular weight excluding hydrogens is 384 g/mol. The largest absolute Gasteiger partial charge is 0.497 e. The summed E-state index contributed by atoms with van der Waals surface area (Å²) >= 11 is 0. The van der Waals surface area contributed by atoms with Crippen LogP contribution in [0.15, 0.2) is 54.6 Å². The van der Waals surface area contributed by atoms with Gasteiger partial charge in [-0.3, -0.25) is 14.8 Å². The van der Waals surface area contributed by atoms with Crippen molar-refractivity contribution >= 4 is 17.5 Å². The lowest BCUT2D eigenvalue weighted by molar-refractivity contribution is -0.129. The molecule has 162 valence electrons. The van der Waals surface area contributed by atoms with Crippen LogP contribution in [0.5, 0.6) is 5.75 Å². The van der Waals surface area contributed by atoms with Crippen LogP contribution >= 0.6 is 0 Å². The standard InChI is InChI=1S/C23H30N2O5/c1-29-20-15-13-18(14-16-20)17-30-21(11-7-2-3-8-12-22(26)25-28)23(27)24-19-9-5-4-6-10-19/h4-6,9-10,13-16,21,28H,2-3,7-8,11-12,17H2,1H3,(H,24,27)(H,25,26). The van der Waals surface area contributed by atoms with Crippen molar-refractivity contribution in [1.29, 1.82) is 0 Å². The van der Waals surface area contributed by atoms with Gasteiger partial charge in [0.15, 0.2) is 0 Å². The number of para-hydroxylation sites is 1. The number of nitrogens with one attached hydrogen (secondary N) is 2. The Morgan fingerprint density at radius 1 is 0.967 bits per heavy atom. The Morgan fingerprint density at radius 3 is 2.33 bits per heavy atom. The van der Waals surface area contributed by atoms with Crippen molar-refractivity contribution in [1.82, 2.24) is 5.48 Å². The molecule has 1 unspecified atom stereocenters. The molecule has 7 heteroatoms. The van der Waals surface area contributed by atoms with E-state index in [1.165, 1.54) is 0 Å². The number of carbonyl (C=O) groups is 2. The first kappa shape index (κ1) is 23.4. The molecule has 0 aromatic heterocycles. The average molecular weight is 415 g/mol. The summed E-state index contributed by atoms with van der Waals surface area (Å²) in [6.07, 6.45) is 3.52. The molecule has 7 nitrogen and oxygen atoms in total. The number of unbranched alkanes of at least 4 members (excludes halogenated alkanes) is 3. The molecule has 30 heavy (non-hydrogen) atoms. The second-order valence-corrected chi connectivity index (χ2v) is 6.99. The SMILES string of the molecule is COc1ccc(COC(CCCCCCC(=O)NO)C(=O)Nc2ccccc2)cc1. The van der Waals surface area contributed by atoms with Gasteiger partial charge >= 0.3 is 0 Å². The summed E-state index contributed by atoms with van der Waals surface area (Å²) in [5, 5.41) is 11.4. The number of hydrogen-bond acceptors (Lipinski definition) is 5. The summed E-state index contributed by atoms with van der Waals surface area (Å²) in [6, 6.07) is 16.9. The predicted molar refractivity (Wildman–Crippen MR) is 114 cm³/mol. The fraction of sp³-hybridized carbons (Fsp3) is 0.391. The Bertz CT molecular complexity index is 765. The molecule has 0 aliphatic rings. The van der Waals surface area contributed by atoms with Crippen LogP contribution in [-0.2, 0) is 20.9 Å². The van der Waals surface area contributed by atoms with Gasteiger partial charge in [0.05, 0.1) is 13.7 Å². The van der Waals surface area contributed by atoms with Crippen molar-refractivity contribution < 1.29 is 24.3 Å². The van der Waals surface area contributed by atoms with Crippen LogP contribution in [0.2, 0.25) is 0 Å². The lowest BCUT2D eigenvalue weighted by Gasteiger charge is -2.18. The zero-order chi connectivity index (χ0) is 21.6. The van der Waals surface area contributed by atoms with E-state index >= 15 is 0 Å². The molecule has 0 spiro atoms. The maximum absolute atomic E-state index is 12.7. The van der Waals surface area contributed by atoms with E-state index in [0.717, 1.165) is 36.3 Å². The van der Waals surface area contributed by atoms with E-state index in [0.29, 0.717) is 25.9 Å². The Hall–Kier alpha value is -2.90. The van der Waals surface area contributed by atoms with Gasteiger partial charge in [-0.15, -0.1) is 0 Å². The molecule has 0 aliphatic carbocycles. The Balaban J connectivity index is 1.86. The number of hydrogen-bond donors (Lipinski definition) is 3. The fourth-order valence-electron chi connectivity index (χ4n) is 2.98. The Morgan fingerprint density at radius 2 is 1.67 bits per heavy atom. The number of ether oxygens (including phenoxy) is 2. The molecule has 0 radical (unpaired) electrons. The van der Waals surface area contributed by atoms with Crippen LogP contribution in [0.25, 0.3) is 0 Å². The summed E-state index contributed by atoms with van der Waals surface area (Å²) in [6.45, 7) is 0.327. The van der Waals surface area contributed by atoms with Crippen LogP contribution in [-0.4, -0.2) is 30.2 Å². The molecule has 0 saturated carbocycles. The summed E-state index contributed by atoms with van der Waals surface area (Å²) in [5.41, 5.74) is 3.33. The smallest absolute Gasteiger partial charge is 0.253 e. The number of hydroxylamine groups is 1. The van der Waals surface area contributed by atoms with E-state index in [4.69, 9.17) is 14.7 Å². The third-order valence-corrected chi connectivity index (χ3v) is 4.69. The van der Waals surface area contributed by atoms with E-state index in [1.807, 2.05) is 54.6 Å². The highest BCUT2D eigenvalue weighted by Gasteiger charge is 2.19. The Labute approximate surface area is 177 Å². The van der Waals surface area contributed by atoms with Gasteiger partial charge in [0, 0.05) is 12.1 Å². The lowest BCUT2D eigenvalue weighted by Crippen LogP contribution is -2.30. The van der Waals surface area contributed by atoms with Crippen molar-refractivity contribution in [2.45, 2.75) is 51.2 Å². The molecule has 0 bridgehead atoms. The van der Waals surface area contributed by atoms with E-state index in [-0.39, 0.29) is 11.8 Å². The van der Waals surface area contributed by atoms with E-state index < -0.39 is 6.10 Å². The highest BCUT2D eigenvalue weighted by molar-refractivity contribution is 5.94. The first-order chi connectivity index (χ1) is 14.6. The van der Waals surface area contributed by atoms with Gasteiger partial charge in [0.1, 0.15) is 11.9 Å². The van der Waals surface area contributed by atoms with Gasteiger partial charge in [0.25, 0.3) is 5.91 Å². The van der Waals surface area contributed by atoms with Crippen molar-refractivity contribution in [3.05, 3.63) is 60.2 Å². The quantitative estimate of drug-likeness (QED) is 0.261. The molecule has 2 amide bonds. The third kappa shape index (κ3) is 8.63. The number of benzene rings is 2. The lowest BCUT2D eigenvalue weighted by atomic mass is 10.1.